The molecule has 0 rings (SSSR count). The molecule has 0 spiro atoms. The normalized spacial score (nSPS) is 11.9. The van der Waals surface area contributed by atoms with Gasteiger partial charge in [-0.1, -0.05) is 0 Å². The van der Waals surface area contributed by atoms with Crippen LogP contribution in [0.4, 0.5) is 0 Å². The zero-order valence-electron chi connectivity index (χ0n) is 9.62. The number of halogens is 2. The smallest absolute Gasteiger partial charge is 0.307 e. The number of carbonyl (C=O) groups excluding carboxylic acids is 2. The number of carbonyl (C=O) groups is 2. The van der Waals surface area contributed by atoms with E-state index in [1.807, 2.05) is 0 Å². The van der Waals surface area contributed by atoms with Gasteiger partial charge in [0.2, 0.25) is 0 Å². The third-order valence-corrected chi connectivity index (χ3v) is 2.06. The molecule has 0 fully saturated rings. The van der Waals surface area contributed by atoms with Gasteiger partial charge in [0.1, 0.15) is 6.61 Å². The average Bonchev–Trinajstić information content (AvgIpc) is 2.27. The zero-order chi connectivity index (χ0) is 13.1. The number of esters is 2. The van der Waals surface area contributed by atoms with Crippen LogP contribution < -0.4 is 0 Å². The first-order chi connectivity index (χ1) is 8.13. The van der Waals surface area contributed by atoms with E-state index in [4.69, 9.17) is 37.4 Å². The third kappa shape index (κ3) is 9.21. The number of ether oxygens (including phenoxy) is 3. The Morgan fingerprint density at radius 3 is 2.18 bits per heavy atom. The second-order valence-corrected chi connectivity index (χ2v) is 3.88. The molecule has 0 N–H and O–H groups in total. The van der Waals surface area contributed by atoms with Crippen molar-refractivity contribution in [3.05, 3.63) is 0 Å². The molecular formula is C10H16Cl2O5. The maximum Gasteiger partial charge on any atom is 0.307 e. The molecule has 0 saturated carbocycles. The molecule has 0 aliphatic heterocycles. The van der Waals surface area contributed by atoms with Gasteiger partial charge in [0, 0.05) is 18.9 Å². The fraction of sp³-hybridized carbons (Fsp3) is 0.800. The Kier molecular flexibility index (Phi) is 10.3. The van der Waals surface area contributed by atoms with Crippen molar-refractivity contribution in [2.45, 2.75) is 18.9 Å². The van der Waals surface area contributed by atoms with Crippen molar-refractivity contribution >= 4 is 35.1 Å². The lowest BCUT2D eigenvalue weighted by atomic mass is 10.4. The predicted octanol–water partition coefficient (Wildman–Crippen LogP) is 1.35. The quantitative estimate of drug-likeness (QED) is 0.473. The molecule has 0 aliphatic rings. The Morgan fingerprint density at radius 2 is 1.65 bits per heavy atom. The van der Waals surface area contributed by atoms with Gasteiger partial charge >= 0.3 is 11.9 Å². The molecule has 5 nitrogen and oxygen atoms in total. The second kappa shape index (κ2) is 10.6. The fourth-order valence-electron chi connectivity index (χ4n) is 0.959. The molecule has 0 aromatic rings. The average molecular weight is 287 g/mol. The van der Waals surface area contributed by atoms with Crippen LogP contribution in [-0.2, 0) is 23.8 Å². The highest BCUT2D eigenvalue weighted by Crippen LogP contribution is 2.00. The molecule has 17 heavy (non-hydrogen) atoms. The molecule has 0 bridgehead atoms. The summed E-state index contributed by atoms with van der Waals surface area (Å²) in [7, 11) is 1.46. The van der Waals surface area contributed by atoms with Gasteiger partial charge in [-0.2, -0.15) is 0 Å². The van der Waals surface area contributed by atoms with E-state index in [1.165, 1.54) is 7.11 Å². The van der Waals surface area contributed by atoms with E-state index in [9.17, 15) is 9.59 Å². The van der Waals surface area contributed by atoms with E-state index < -0.39 is 18.0 Å². The number of methoxy groups -OCH3 is 1. The van der Waals surface area contributed by atoms with Crippen molar-refractivity contribution in [1.29, 1.82) is 0 Å². The first-order valence-electron chi connectivity index (χ1n) is 5.10. The summed E-state index contributed by atoms with van der Waals surface area (Å²) in [5.41, 5.74) is 0. The maximum atomic E-state index is 11.2. The lowest BCUT2D eigenvalue weighted by Crippen LogP contribution is -2.29. The van der Waals surface area contributed by atoms with Crippen LogP contribution in [0.5, 0.6) is 0 Å². The van der Waals surface area contributed by atoms with Gasteiger partial charge in [0.15, 0.2) is 6.10 Å². The molecule has 100 valence electrons. The van der Waals surface area contributed by atoms with Crippen LogP contribution in [0, 0.1) is 0 Å². The van der Waals surface area contributed by atoms with Gasteiger partial charge in [0.25, 0.3) is 0 Å². The zero-order valence-corrected chi connectivity index (χ0v) is 11.1. The molecule has 0 heterocycles. The molecule has 0 aromatic carbocycles. The summed E-state index contributed by atoms with van der Waals surface area (Å²) in [6, 6.07) is 0. The number of hydrogen-bond acceptors (Lipinski definition) is 5. The topological polar surface area (TPSA) is 61.8 Å². The van der Waals surface area contributed by atoms with Crippen molar-refractivity contribution in [3.63, 3.8) is 0 Å². The Balaban J connectivity index is 3.96. The predicted molar refractivity (Wildman–Crippen MR) is 63.4 cm³/mol. The van der Waals surface area contributed by atoms with E-state index >= 15 is 0 Å². The number of rotatable bonds is 9. The Bertz CT molecular complexity index is 235. The molecule has 0 saturated heterocycles. The van der Waals surface area contributed by atoms with Crippen LogP contribution >= 0.6 is 23.2 Å². The number of hydrogen-bond donors (Lipinski definition) is 0. The molecule has 1 atom stereocenters. The minimum atomic E-state index is -0.616. The van der Waals surface area contributed by atoms with Crippen molar-refractivity contribution in [3.8, 4) is 0 Å². The van der Waals surface area contributed by atoms with Gasteiger partial charge in [0.05, 0.1) is 19.4 Å². The molecular weight excluding hydrogens is 271 g/mol. The minimum Gasteiger partial charge on any atom is -0.462 e. The van der Waals surface area contributed by atoms with E-state index in [0.717, 1.165) is 0 Å². The van der Waals surface area contributed by atoms with E-state index in [0.29, 0.717) is 0 Å². The van der Waals surface area contributed by atoms with Crippen LogP contribution in [-0.4, -0.2) is 50.1 Å². The monoisotopic (exact) mass is 286 g/mol. The molecule has 1 unspecified atom stereocenters. The molecule has 7 heteroatoms. The van der Waals surface area contributed by atoms with Gasteiger partial charge in [-0.05, 0) is 0 Å². The largest absolute Gasteiger partial charge is 0.462 e. The Morgan fingerprint density at radius 1 is 1.06 bits per heavy atom. The SMILES string of the molecule is COCC(COC(=O)CCCl)OC(=O)CCCl. The molecule has 0 aromatic heterocycles. The summed E-state index contributed by atoms with van der Waals surface area (Å²) in [4.78, 5) is 22.2. The lowest BCUT2D eigenvalue weighted by Gasteiger charge is -2.16. The van der Waals surface area contributed by atoms with Crippen LogP contribution in [0.2, 0.25) is 0 Å². The highest BCUT2D eigenvalue weighted by atomic mass is 35.5. The van der Waals surface area contributed by atoms with Gasteiger partial charge in [-0.25, -0.2) is 0 Å². The van der Waals surface area contributed by atoms with Crippen molar-refractivity contribution in [2.24, 2.45) is 0 Å². The van der Waals surface area contributed by atoms with Crippen molar-refractivity contribution < 1.29 is 23.8 Å². The van der Waals surface area contributed by atoms with Gasteiger partial charge < -0.3 is 14.2 Å². The van der Waals surface area contributed by atoms with E-state index in [-0.39, 0.29) is 37.8 Å². The summed E-state index contributed by atoms with van der Waals surface area (Å²) >= 11 is 10.8. The summed E-state index contributed by atoms with van der Waals surface area (Å²) in [6.45, 7) is 0.111. The summed E-state index contributed by atoms with van der Waals surface area (Å²) in [6.07, 6.45) is -0.385. The van der Waals surface area contributed by atoms with Crippen molar-refractivity contribution in [1.82, 2.24) is 0 Å². The lowest BCUT2D eigenvalue weighted by molar-refractivity contribution is -0.161. The minimum absolute atomic E-state index is 0.0441. The molecule has 0 radical (unpaired) electrons. The Labute approximate surface area is 110 Å². The van der Waals surface area contributed by atoms with E-state index in [2.05, 4.69) is 0 Å². The van der Waals surface area contributed by atoms with Crippen LogP contribution in [0.25, 0.3) is 0 Å². The van der Waals surface area contributed by atoms with Gasteiger partial charge in [-0.15, -0.1) is 23.2 Å². The van der Waals surface area contributed by atoms with E-state index in [1.54, 1.807) is 0 Å². The van der Waals surface area contributed by atoms with Crippen LogP contribution in [0.1, 0.15) is 12.8 Å². The molecule has 0 amide bonds. The fourth-order valence-corrected chi connectivity index (χ4v) is 1.27. The first kappa shape index (κ1) is 16.5. The van der Waals surface area contributed by atoms with Crippen LogP contribution in [0.15, 0.2) is 0 Å². The highest BCUT2D eigenvalue weighted by molar-refractivity contribution is 6.19. The van der Waals surface area contributed by atoms with Gasteiger partial charge in [-0.3, -0.25) is 9.59 Å². The number of alkyl halides is 2. The Hall–Kier alpha value is -0.520. The summed E-state index contributed by atoms with van der Waals surface area (Å²) in [5.74, 6) is -0.505. The second-order valence-electron chi connectivity index (χ2n) is 3.13. The maximum absolute atomic E-state index is 11.2. The van der Waals surface area contributed by atoms with Crippen LogP contribution in [0.3, 0.4) is 0 Å². The summed E-state index contributed by atoms with van der Waals surface area (Å²) in [5, 5.41) is 0. The van der Waals surface area contributed by atoms with Crippen molar-refractivity contribution in [2.75, 3.05) is 32.1 Å². The highest BCUT2D eigenvalue weighted by Gasteiger charge is 2.16. The summed E-state index contributed by atoms with van der Waals surface area (Å²) < 4.78 is 14.7. The third-order valence-electron chi connectivity index (χ3n) is 1.68. The first-order valence-corrected chi connectivity index (χ1v) is 6.16. The standard InChI is InChI=1S/C10H16Cl2O5/c1-15-6-8(17-10(14)3-5-12)7-16-9(13)2-4-11/h8H,2-7H2,1H3. The molecule has 0 aliphatic carbocycles.